The maximum Gasteiger partial charge on any atom is 0.410 e. The van der Waals surface area contributed by atoms with Crippen LogP contribution in [0.2, 0.25) is 5.02 Å². The molecule has 1 unspecified atom stereocenters. The highest BCUT2D eigenvalue weighted by atomic mass is 35.5. The van der Waals surface area contributed by atoms with Crippen molar-refractivity contribution >= 4 is 23.6 Å². The molecule has 9 heteroatoms. The van der Waals surface area contributed by atoms with Gasteiger partial charge in [-0.1, -0.05) is 24.6 Å². The van der Waals surface area contributed by atoms with Crippen LogP contribution in [-0.2, 0) is 4.74 Å². The Bertz CT molecular complexity index is 1070. The van der Waals surface area contributed by atoms with Gasteiger partial charge >= 0.3 is 6.09 Å². The third-order valence-corrected chi connectivity index (χ3v) is 7.28. The summed E-state index contributed by atoms with van der Waals surface area (Å²) in [6, 6.07) is 7.88. The van der Waals surface area contributed by atoms with Crippen LogP contribution in [0, 0.1) is 0 Å². The van der Waals surface area contributed by atoms with E-state index in [2.05, 4.69) is 22.2 Å². The number of rotatable bonds is 6. The molecule has 36 heavy (non-hydrogen) atoms. The summed E-state index contributed by atoms with van der Waals surface area (Å²) in [5.41, 5.74) is 1.75. The number of carbonyl (C=O) groups excluding carboxylic acids is 2. The molecule has 196 valence electrons. The Balaban J connectivity index is 1.54. The molecule has 0 saturated carbocycles. The van der Waals surface area contributed by atoms with Gasteiger partial charge in [-0.15, -0.1) is 0 Å². The number of nitrogens with one attached hydrogen (secondary N) is 1. The summed E-state index contributed by atoms with van der Waals surface area (Å²) in [5.74, 6) is -0.0275. The second-order valence-corrected chi connectivity index (χ2v) is 11.1. The number of ether oxygens (including phenoxy) is 1. The van der Waals surface area contributed by atoms with E-state index < -0.39 is 5.60 Å². The van der Waals surface area contributed by atoms with E-state index in [1.807, 2.05) is 49.7 Å². The van der Waals surface area contributed by atoms with Crippen molar-refractivity contribution in [2.75, 3.05) is 32.7 Å². The molecular formula is C27H38ClN5O3. The SMILES string of the molecule is CCN1CCCC1CNC(=O)c1cnn(-c2cccc(Cl)c2)c1C1CCN(C(=O)OC(C)(C)C)CC1. The molecule has 8 nitrogen and oxygen atoms in total. The van der Waals surface area contributed by atoms with E-state index >= 15 is 0 Å². The van der Waals surface area contributed by atoms with Crippen LogP contribution in [-0.4, -0.2) is 75.9 Å². The van der Waals surface area contributed by atoms with Crippen LogP contribution in [0.5, 0.6) is 0 Å². The second kappa shape index (κ2) is 11.2. The zero-order valence-electron chi connectivity index (χ0n) is 21.8. The highest BCUT2D eigenvalue weighted by Crippen LogP contribution is 2.33. The highest BCUT2D eigenvalue weighted by Gasteiger charge is 2.32. The maximum absolute atomic E-state index is 13.4. The van der Waals surface area contributed by atoms with Crippen LogP contribution in [0.4, 0.5) is 4.79 Å². The van der Waals surface area contributed by atoms with E-state index in [0.29, 0.717) is 36.3 Å². The van der Waals surface area contributed by atoms with Gasteiger partial charge in [-0.25, -0.2) is 9.48 Å². The Kier molecular flexibility index (Phi) is 8.25. The molecule has 0 aliphatic carbocycles. The average molecular weight is 516 g/mol. The predicted molar refractivity (Wildman–Crippen MR) is 141 cm³/mol. The fourth-order valence-corrected chi connectivity index (χ4v) is 5.43. The van der Waals surface area contributed by atoms with Gasteiger partial charge in [0.2, 0.25) is 0 Å². The third-order valence-electron chi connectivity index (χ3n) is 7.04. The molecule has 0 bridgehead atoms. The van der Waals surface area contributed by atoms with Crippen molar-refractivity contribution in [2.24, 2.45) is 0 Å². The number of benzene rings is 1. The topological polar surface area (TPSA) is 79.7 Å². The van der Waals surface area contributed by atoms with Crippen LogP contribution >= 0.6 is 11.6 Å². The molecular weight excluding hydrogens is 478 g/mol. The van der Waals surface area contributed by atoms with Crippen molar-refractivity contribution in [2.45, 2.75) is 70.9 Å². The molecule has 3 heterocycles. The Labute approximate surface area is 218 Å². The number of piperidine rings is 1. The first-order valence-corrected chi connectivity index (χ1v) is 13.4. The van der Waals surface area contributed by atoms with Gasteiger partial charge in [-0.05, 0) is 77.7 Å². The number of amides is 2. The summed E-state index contributed by atoms with van der Waals surface area (Å²) in [6.07, 6.45) is 5.09. The normalized spacial score (nSPS) is 19.5. The molecule has 1 aromatic carbocycles. The first kappa shape index (κ1) is 26.5. The van der Waals surface area contributed by atoms with Crippen LogP contribution in [0.3, 0.4) is 0 Å². The van der Waals surface area contributed by atoms with Gasteiger partial charge in [0, 0.05) is 36.6 Å². The number of hydrogen-bond donors (Lipinski definition) is 1. The molecule has 2 aliphatic heterocycles. The van der Waals surface area contributed by atoms with E-state index in [4.69, 9.17) is 16.3 Å². The predicted octanol–water partition coefficient (Wildman–Crippen LogP) is 4.85. The molecule has 2 amide bonds. The van der Waals surface area contributed by atoms with Gasteiger partial charge in [0.25, 0.3) is 5.91 Å². The van der Waals surface area contributed by atoms with Gasteiger partial charge in [0.05, 0.1) is 23.1 Å². The molecule has 2 aromatic rings. The lowest BCUT2D eigenvalue weighted by Crippen LogP contribution is -2.42. The first-order chi connectivity index (χ1) is 17.2. The van der Waals surface area contributed by atoms with Gasteiger partial charge in [-0.3, -0.25) is 9.69 Å². The monoisotopic (exact) mass is 515 g/mol. The number of nitrogens with zero attached hydrogens (tertiary/aromatic N) is 4. The van der Waals surface area contributed by atoms with Crippen molar-refractivity contribution in [3.05, 3.63) is 46.7 Å². The first-order valence-electron chi connectivity index (χ1n) is 13.0. The molecule has 1 atom stereocenters. The van der Waals surface area contributed by atoms with Crippen molar-refractivity contribution in [3.63, 3.8) is 0 Å². The van der Waals surface area contributed by atoms with E-state index in [1.165, 1.54) is 6.42 Å². The summed E-state index contributed by atoms with van der Waals surface area (Å²) in [4.78, 5) is 30.2. The minimum Gasteiger partial charge on any atom is -0.444 e. The summed E-state index contributed by atoms with van der Waals surface area (Å²) in [5, 5.41) is 8.40. The fraction of sp³-hybridized carbons (Fsp3) is 0.593. The fourth-order valence-electron chi connectivity index (χ4n) is 5.25. The van der Waals surface area contributed by atoms with Gasteiger partial charge < -0.3 is 15.0 Å². The lowest BCUT2D eigenvalue weighted by molar-refractivity contribution is 0.0203. The van der Waals surface area contributed by atoms with Gasteiger partial charge in [-0.2, -0.15) is 5.10 Å². The molecule has 2 saturated heterocycles. The molecule has 4 rings (SSSR count). The number of aromatic nitrogens is 2. The number of carbonyl (C=O) groups is 2. The third kappa shape index (κ3) is 6.21. The molecule has 0 spiro atoms. The molecule has 1 aromatic heterocycles. The van der Waals surface area contributed by atoms with Crippen LogP contribution in [0.15, 0.2) is 30.5 Å². The minimum absolute atomic E-state index is 0.0736. The quantitative estimate of drug-likeness (QED) is 0.594. The number of likely N-dealkylation sites (N-methyl/N-ethyl adjacent to an activating group) is 1. The summed E-state index contributed by atoms with van der Waals surface area (Å²) in [7, 11) is 0. The Morgan fingerprint density at radius 3 is 2.58 bits per heavy atom. The van der Waals surface area contributed by atoms with E-state index in [9.17, 15) is 9.59 Å². The van der Waals surface area contributed by atoms with E-state index in [-0.39, 0.29) is 17.9 Å². The Morgan fingerprint density at radius 2 is 1.92 bits per heavy atom. The summed E-state index contributed by atoms with van der Waals surface area (Å²) >= 11 is 6.28. The zero-order valence-corrected chi connectivity index (χ0v) is 22.6. The number of likely N-dealkylation sites (tertiary alicyclic amines) is 2. The molecule has 1 N–H and O–H groups in total. The maximum atomic E-state index is 13.4. The van der Waals surface area contributed by atoms with E-state index in [1.54, 1.807) is 11.1 Å². The van der Waals surface area contributed by atoms with Crippen molar-refractivity contribution in [1.82, 2.24) is 24.9 Å². The minimum atomic E-state index is -0.531. The smallest absolute Gasteiger partial charge is 0.410 e. The molecule has 2 aliphatic rings. The number of hydrogen-bond acceptors (Lipinski definition) is 5. The lowest BCUT2D eigenvalue weighted by atomic mass is 9.90. The Morgan fingerprint density at radius 1 is 1.17 bits per heavy atom. The average Bonchev–Trinajstić information content (AvgIpc) is 3.48. The Hall–Kier alpha value is -2.58. The van der Waals surface area contributed by atoms with Crippen molar-refractivity contribution in [1.29, 1.82) is 0 Å². The zero-order chi connectivity index (χ0) is 25.9. The van der Waals surface area contributed by atoms with E-state index in [0.717, 1.165) is 43.7 Å². The summed E-state index contributed by atoms with van der Waals surface area (Å²) in [6.45, 7) is 11.6. The highest BCUT2D eigenvalue weighted by molar-refractivity contribution is 6.30. The van der Waals surface area contributed by atoms with Crippen molar-refractivity contribution in [3.8, 4) is 5.69 Å². The van der Waals surface area contributed by atoms with Crippen molar-refractivity contribution < 1.29 is 14.3 Å². The van der Waals surface area contributed by atoms with Crippen LogP contribution in [0.25, 0.3) is 5.69 Å². The number of halogens is 1. The van der Waals surface area contributed by atoms with Gasteiger partial charge in [0.1, 0.15) is 5.60 Å². The summed E-state index contributed by atoms with van der Waals surface area (Å²) < 4.78 is 7.39. The largest absolute Gasteiger partial charge is 0.444 e. The standard InChI is InChI=1S/C27H38ClN5O3/c1-5-31-13-7-10-22(31)17-29-25(34)23-18-30-33(21-9-6-8-20(28)16-21)24(23)19-11-14-32(15-12-19)26(35)36-27(2,3)4/h6,8-9,16,18-19,22H,5,7,10-15,17H2,1-4H3,(H,29,34). The van der Waals surface area contributed by atoms with Crippen LogP contribution in [0.1, 0.15) is 75.3 Å². The van der Waals surface area contributed by atoms with Crippen LogP contribution < -0.4 is 5.32 Å². The lowest BCUT2D eigenvalue weighted by Gasteiger charge is -2.34. The molecule has 2 fully saturated rings. The molecule has 0 radical (unpaired) electrons. The second-order valence-electron chi connectivity index (χ2n) is 10.7. The van der Waals surface area contributed by atoms with Gasteiger partial charge in [0.15, 0.2) is 0 Å².